The monoisotopic (exact) mass is 318 g/mol. The molecule has 1 saturated carbocycles. The summed E-state index contributed by atoms with van der Waals surface area (Å²) in [5.41, 5.74) is -0.00599. The fraction of sp³-hybridized carbons (Fsp3) is 0.529. The Morgan fingerprint density at radius 1 is 1.30 bits per heavy atom. The van der Waals surface area contributed by atoms with Gasteiger partial charge in [0.1, 0.15) is 6.61 Å². The number of hydrogen-bond donors (Lipinski definition) is 2. The van der Waals surface area contributed by atoms with Gasteiger partial charge in [0, 0.05) is 6.04 Å². The fourth-order valence-corrected chi connectivity index (χ4v) is 2.60. The van der Waals surface area contributed by atoms with Gasteiger partial charge in [-0.15, -0.1) is 0 Å². The SMILES string of the molecule is CCCC1(NC(=O)OCc2ccccc2)OC1C(=O)NC1CC1. The lowest BCUT2D eigenvalue weighted by molar-refractivity contribution is -0.122. The molecule has 2 fully saturated rings. The van der Waals surface area contributed by atoms with Gasteiger partial charge in [-0.1, -0.05) is 43.7 Å². The van der Waals surface area contributed by atoms with Crippen LogP contribution in [0.15, 0.2) is 30.3 Å². The van der Waals surface area contributed by atoms with Gasteiger partial charge in [0.15, 0.2) is 11.8 Å². The summed E-state index contributed by atoms with van der Waals surface area (Å²) in [5, 5.41) is 5.62. The molecule has 1 aromatic rings. The van der Waals surface area contributed by atoms with Crippen molar-refractivity contribution >= 4 is 12.0 Å². The number of rotatable bonds is 7. The molecule has 6 heteroatoms. The van der Waals surface area contributed by atoms with Crippen molar-refractivity contribution in [2.75, 3.05) is 0 Å². The summed E-state index contributed by atoms with van der Waals surface area (Å²) in [6, 6.07) is 9.72. The van der Waals surface area contributed by atoms with Gasteiger partial charge < -0.3 is 14.8 Å². The van der Waals surface area contributed by atoms with E-state index in [0.29, 0.717) is 6.42 Å². The van der Waals surface area contributed by atoms with Crippen LogP contribution >= 0.6 is 0 Å². The highest BCUT2D eigenvalue weighted by atomic mass is 16.6. The van der Waals surface area contributed by atoms with Gasteiger partial charge in [0.05, 0.1) is 0 Å². The Morgan fingerprint density at radius 2 is 2.04 bits per heavy atom. The van der Waals surface area contributed by atoms with Gasteiger partial charge in [0.25, 0.3) is 5.91 Å². The van der Waals surface area contributed by atoms with Crippen LogP contribution in [0.25, 0.3) is 0 Å². The average molecular weight is 318 g/mol. The second kappa shape index (κ2) is 6.58. The lowest BCUT2D eigenvalue weighted by Gasteiger charge is -2.14. The zero-order valence-corrected chi connectivity index (χ0v) is 13.2. The topological polar surface area (TPSA) is 80.0 Å². The third kappa shape index (κ3) is 4.01. The number of nitrogens with one attached hydrogen (secondary N) is 2. The van der Waals surface area contributed by atoms with Crippen LogP contribution in [0.3, 0.4) is 0 Å². The molecule has 2 amide bonds. The van der Waals surface area contributed by atoms with Crippen LogP contribution in [-0.2, 0) is 20.9 Å². The number of hydrogen-bond acceptors (Lipinski definition) is 4. The largest absolute Gasteiger partial charge is 0.445 e. The minimum Gasteiger partial charge on any atom is -0.445 e. The molecule has 1 heterocycles. The second-order valence-corrected chi connectivity index (χ2v) is 6.11. The first-order chi connectivity index (χ1) is 11.1. The Morgan fingerprint density at radius 3 is 2.70 bits per heavy atom. The lowest BCUT2D eigenvalue weighted by atomic mass is 10.1. The number of amides is 2. The van der Waals surface area contributed by atoms with E-state index in [4.69, 9.17) is 9.47 Å². The molecule has 0 aromatic heterocycles. The van der Waals surface area contributed by atoms with E-state index in [1.54, 1.807) is 0 Å². The Balaban J connectivity index is 1.51. The Bertz CT molecular complexity index is 573. The van der Waals surface area contributed by atoms with E-state index in [2.05, 4.69) is 10.6 Å². The first kappa shape index (κ1) is 15.8. The zero-order valence-electron chi connectivity index (χ0n) is 13.2. The van der Waals surface area contributed by atoms with Crippen molar-refractivity contribution in [3.63, 3.8) is 0 Å². The summed E-state index contributed by atoms with van der Waals surface area (Å²) in [7, 11) is 0. The van der Waals surface area contributed by atoms with Crippen molar-refractivity contribution < 1.29 is 19.1 Å². The maximum atomic E-state index is 12.1. The minimum absolute atomic E-state index is 0.149. The van der Waals surface area contributed by atoms with Crippen LogP contribution in [0.5, 0.6) is 0 Å². The molecule has 0 bridgehead atoms. The molecule has 2 unspecified atom stereocenters. The quantitative estimate of drug-likeness (QED) is 0.754. The third-order valence-electron chi connectivity index (χ3n) is 4.00. The van der Waals surface area contributed by atoms with E-state index in [-0.39, 0.29) is 18.6 Å². The van der Waals surface area contributed by atoms with E-state index >= 15 is 0 Å². The minimum atomic E-state index is -0.915. The molecule has 1 aliphatic carbocycles. The molecule has 2 N–H and O–H groups in total. The van der Waals surface area contributed by atoms with Crippen molar-refractivity contribution in [1.29, 1.82) is 0 Å². The third-order valence-corrected chi connectivity index (χ3v) is 4.00. The van der Waals surface area contributed by atoms with Crippen LogP contribution in [0.2, 0.25) is 0 Å². The standard InChI is InChI=1S/C17H22N2O4/c1-2-10-17(14(23-17)15(20)18-13-8-9-13)19-16(21)22-11-12-6-4-3-5-7-12/h3-7,13-14H,2,8-11H2,1H3,(H,18,20)(H,19,21). The van der Waals surface area contributed by atoms with Crippen LogP contribution < -0.4 is 10.6 Å². The van der Waals surface area contributed by atoms with Gasteiger partial charge in [-0.05, 0) is 24.8 Å². The predicted octanol–water partition coefficient (Wildman–Crippen LogP) is 2.09. The molecule has 6 nitrogen and oxygen atoms in total. The first-order valence-corrected chi connectivity index (χ1v) is 8.10. The van der Waals surface area contributed by atoms with Crippen molar-refractivity contribution in [3.8, 4) is 0 Å². The molecule has 23 heavy (non-hydrogen) atoms. The van der Waals surface area contributed by atoms with E-state index in [0.717, 1.165) is 24.8 Å². The molecule has 3 rings (SSSR count). The van der Waals surface area contributed by atoms with Crippen LogP contribution in [0, 0.1) is 0 Å². The Labute approximate surface area is 135 Å². The molecule has 1 saturated heterocycles. The first-order valence-electron chi connectivity index (χ1n) is 8.10. The summed E-state index contributed by atoms with van der Waals surface area (Å²) in [6.45, 7) is 2.17. The Hall–Kier alpha value is -2.08. The van der Waals surface area contributed by atoms with Gasteiger partial charge in [-0.2, -0.15) is 0 Å². The molecule has 1 aliphatic heterocycles. The molecular formula is C17H22N2O4. The van der Waals surface area contributed by atoms with Crippen molar-refractivity contribution in [1.82, 2.24) is 10.6 Å². The Kier molecular flexibility index (Phi) is 4.52. The second-order valence-electron chi connectivity index (χ2n) is 6.11. The highest BCUT2D eigenvalue weighted by Gasteiger charge is 2.62. The average Bonchev–Trinajstić information content (AvgIpc) is 3.45. The van der Waals surface area contributed by atoms with Gasteiger partial charge in [-0.25, -0.2) is 4.79 Å². The number of benzene rings is 1. The molecule has 124 valence electrons. The molecule has 1 aromatic carbocycles. The summed E-state index contributed by atoms with van der Waals surface area (Å²) in [6.07, 6.45) is 2.23. The maximum absolute atomic E-state index is 12.1. The van der Waals surface area contributed by atoms with Crippen LogP contribution in [0.4, 0.5) is 4.79 Å². The molecule has 2 aliphatic rings. The normalized spacial score (nSPS) is 25.5. The van der Waals surface area contributed by atoms with E-state index in [1.165, 1.54) is 0 Å². The number of epoxide rings is 1. The number of carbonyl (C=O) groups excluding carboxylic acids is 2. The fourth-order valence-electron chi connectivity index (χ4n) is 2.60. The van der Waals surface area contributed by atoms with Gasteiger partial charge in [-0.3, -0.25) is 10.1 Å². The van der Waals surface area contributed by atoms with Crippen molar-refractivity contribution in [3.05, 3.63) is 35.9 Å². The summed E-state index contributed by atoms with van der Waals surface area (Å²) in [5.74, 6) is -0.149. The van der Waals surface area contributed by atoms with Crippen LogP contribution in [-0.4, -0.2) is 29.9 Å². The molecular weight excluding hydrogens is 296 g/mol. The van der Waals surface area contributed by atoms with Crippen molar-refractivity contribution in [2.45, 2.75) is 57.1 Å². The van der Waals surface area contributed by atoms with E-state index < -0.39 is 17.9 Å². The maximum Gasteiger partial charge on any atom is 0.409 e. The number of ether oxygens (including phenoxy) is 2. The molecule has 2 atom stereocenters. The summed E-state index contributed by atoms with van der Waals surface area (Å²) < 4.78 is 10.7. The predicted molar refractivity (Wildman–Crippen MR) is 83.4 cm³/mol. The smallest absolute Gasteiger partial charge is 0.409 e. The van der Waals surface area contributed by atoms with E-state index in [9.17, 15) is 9.59 Å². The highest BCUT2D eigenvalue weighted by Crippen LogP contribution is 2.39. The molecule has 0 radical (unpaired) electrons. The number of alkyl carbamates (subject to hydrolysis) is 1. The van der Waals surface area contributed by atoms with E-state index in [1.807, 2.05) is 37.3 Å². The van der Waals surface area contributed by atoms with Gasteiger partial charge in [0.2, 0.25) is 0 Å². The summed E-state index contributed by atoms with van der Waals surface area (Å²) >= 11 is 0. The van der Waals surface area contributed by atoms with Crippen molar-refractivity contribution in [2.24, 2.45) is 0 Å². The number of carbonyl (C=O) groups is 2. The highest BCUT2D eigenvalue weighted by molar-refractivity contribution is 5.86. The zero-order chi connectivity index (χ0) is 16.3. The lowest BCUT2D eigenvalue weighted by Crippen LogP contribution is -2.44. The van der Waals surface area contributed by atoms with Crippen LogP contribution in [0.1, 0.15) is 38.2 Å². The van der Waals surface area contributed by atoms with Gasteiger partial charge >= 0.3 is 6.09 Å². The summed E-state index contributed by atoms with van der Waals surface area (Å²) in [4.78, 5) is 24.1. The molecule has 0 spiro atoms.